The third kappa shape index (κ3) is 6.77. The first-order valence-corrected chi connectivity index (χ1v) is 10.6. The summed E-state index contributed by atoms with van der Waals surface area (Å²) in [5.74, 6) is 0.450. The van der Waals surface area contributed by atoms with Gasteiger partial charge in [-0.15, -0.1) is 5.10 Å². The van der Waals surface area contributed by atoms with Gasteiger partial charge in [0.15, 0.2) is 5.17 Å². The maximum absolute atomic E-state index is 14.3. The van der Waals surface area contributed by atoms with Crippen molar-refractivity contribution in [3.8, 4) is 0 Å². The van der Waals surface area contributed by atoms with Crippen molar-refractivity contribution in [2.24, 2.45) is 15.9 Å². The minimum Gasteiger partial charge on any atom is -0.377 e. The molecule has 0 saturated heterocycles. The second-order valence-electron chi connectivity index (χ2n) is 6.88. The number of rotatable bonds is 7. The molecule has 0 amide bonds. The van der Waals surface area contributed by atoms with Crippen molar-refractivity contribution in [1.29, 1.82) is 0 Å². The van der Waals surface area contributed by atoms with Crippen LogP contribution in [0.5, 0.6) is 0 Å². The quantitative estimate of drug-likeness (QED) is 0.393. The van der Waals surface area contributed by atoms with Crippen molar-refractivity contribution in [1.82, 2.24) is 0 Å². The van der Waals surface area contributed by atoms with Gasteiger partial charge in [0.1, 0.15) is 5.82 Å². The summed E-state index contributed by atoms with van der Waals surface area (Å²) in [6, 6.07) is 15.0. The number of hydrogen-bond donors (Lipinski definition) is 1. The number of hydrogen-bond acceptors (Lipinski definition) is 4. The van der Waals surface area contributed by atoms with E-state index < -0.39 is 0 Å². The van der Waals surface area contributed by atoms with Gasteiger partial charge in [0.2, 0.25) is 0 Å². The maximum atomic E-state index is 14.3. The van der Waals surface area contributed by atoms with Crippen LogP contribution in [-0.4, -0.2) is 17.5 Å². The molecule has 2 aromatic rings. The van der Waals surface area contributed by atoms with E-state index in [1.807, 2.05) is 36.4 Å². The summed E-state index contributed by atoms with van der Waals surface area (Å²) in [5.41, 5.74) is 8.24. The molecule has 1 aliphatic rings. The Morgan fingerprint density at radius 3 is 2.68 bits per heavy atom. The Labute approximate surface area is 170 Å². The van der Waals surface area contributed by atoms with Crippen LogP contribution in [0.3, 0.4) is 0 Å². The van der Waals surface area contributed by atoms with Gasteiger partial charge in [-0.3, -0.25) is 0 Å². The number of benzene rings is 2. The molecule has 0 heterocycles. The summed E-state index contributed by atoms with van der Waals surface area (Å²) in [7, 11) is 0. The molecule has 28 heavy (non-hydrogen) atoms. The zero-order valence-corrected chi connectivity index (χ0v) is 16.7. The van der Waals surface area contributed by atoms with E-state index >= 15 is 0 Å². The molecule has 1 fully saturated rings. The SMILES string of the molecule is NC(=NN=Cc1ccc(COC2CCCCC2)c(F)c1)SCc1ccccc1. The molecule has 0 radical (unpaired) electrons. The zero-order valence-electron chi connectivity index (χ0n) is 15.9. The van der Waals surface area contributed by atoms with Crippen LogP contribution in [-0.2, 0) is 17.1 Å². The largest absolute Gasteiger partial charge is 0.377 e. The Hall–Kier alpha value is -2.18. The number of thioether (sulfide) groups is 1. The van der Waals surface area contributed by atoms with Gasteiger partial charge in [0.05, 0.1) is 18.9 Å². The van der Waals surface area contributed by atoms with Crippen LogP contribution in [0.2, 0.25) is 0 Å². The highest BCUT2D eigenvalue weighted by Crippen LogP contribution is 2.22. The molecule has 0 atom stereocenters. The van der Waals surface area contributed by atoms with Crippen molar-refractivity contribution in [3.05, 3.63) is 71.0 Å². The number of nitrogens with two attached hydrogens (primary N) is 1. The lowest BCUT2D eigenvalue weighted by molar-refractivity contribution is 0.0156. The first kappa shape index (κ1) is 20.6. The third-order valence-electron chi connectivity index (χ3n) is 4.70. The molecule has 0 bridgehead atoms. The van der Waals surface area contributed by atoms with Gasteiger partial charge in [-0.2, -0.15) is 5.10 Å². The van der Waals surface area contributed by atoms with Crippen LogP contribution in [0, 0.1) is 5.82 Å². The van der Waals surface area contributed by atoms with Gasteiger partial charge in [-0.1, -0.05) is 73.5 Å². The first-order chi connectivity index (χ1) is 13.7. The number of amidine groups is 1. The first-order valence-electron chi connectivity index (χ1n) is 9.64. The van der Waals surface area contributed by atoms with Gasteiger partial charge in [-0.05, 0) is 30.0 Å². The summed E-state index contributed by atoms with van der Waals surface area (Å²) in [5, 5.41) is 8.30. The average Bonchev–Trinajstić information content (AvgIpc) is 2.73. The van der Waals surface area contributed by atoms with Crippen molar-refractivity contribution >= 4 is 23.1 Å². The van der Waals surface area contributed by atoms with Crippen LogP contribution in [0.1, 0.15) is 48.8 Å². The molecule has 1 aliphatic carbocycles. The lowest BCUT2D eigenvalue weighted by atomic mass is 9.98. The van der Waals surface area contributed by atoms with Crippen LogP contribution < -0.4 is 5.73 Å². The minimum absolute atomic E-state index is 0.264. The van der Waals surface area contributed by atoms with Crippen molar-refractivity contribution in [2.45, 2.75) is 50.6 Å². The van der Waals surface area contributed by atoms with E-state index in [0.717, 1.165) is 18.6 Å². The van der Waals surface area contributed by atoms with Gasteiger partial charge < -0.3 is 10.5 Å². The van der Waals surface area contributed by atoms with Crippen molar-refractivity contribution in [3.63, 3.8) is 0 Å². The Morgan fingerprint density at radius 1 is 1.14 bits per heavy atom. The molecule has 1 saturated carbocycles. The van der Waals surface area contributed by atoms with E-state index in [0.29, 0.717) is 22.9 Å². The fourth-order valence-corrected chi connectivity index (χ4v) is 3.73. The summed E-state index contributed by atoms with van der Waals surface area (Å²) in [6.45, 7) is 0.315. The summed E-state index contributed by atoms with van der Waals surface area (Å²) in [4.78, 5) is 0. The molecule has 0 unspecified atom stereocenters. The normalized spacial score (nSPS) is 16.0. The Kier molecular flexibility index (Phi) is 8.06. The second kappa shape index (κ2) is 11.0. The molecule has 2 N–H and O–H groups in total. The highest BCUT2D eigenvalue weighted by atomic mass is 32.2. The second-order valence-corrected chi connectivity index (χ2v) is 7.87. The van der Waals surface area contributed by atoms with Gasteiger partial charge >= 0.3 is 0 Å². The molecule has 0 spiro atoms. The van der Waals surface area contributed by atoms with Gasteiger partial charge in [-0.25, -0.2) is 4.39 Å². The fraction of sp³-hybridized carbons (Fsp3) is 0.364. The average molecular weight is 400 g/mol. The molecule has 0 aromatic heterocycles. The molecule has 2 aromatic carbocycles. The smallest absolute Gasteiger partial charge is 0.180 e. The van der Waals surface area contributed by atoms with Gasteiger partial charge in [0.25, 0.3) is 0 Å². The van der Waals surface area contributed by atoms with E-state index in [2.05, 4.69) is 10.2 Å². The molecule has 3 rings (SSSR count). The molecule has 148 valence electrons. The Morgan fingerprint density at radius 2 is 1.93 bits per heavy atom. The fourth-order valence-electron chi connectivity index (χ4n) is 3.11. The minimum atomic E-state index is -0.282. The summed E-state index contributed by atoms with van der Waals surface area (Å²) < 4.78 is 20.1. The van der Waals surface area contributed by atoms with E-state index in [9.17, 15) is 4.39 Å². The highest BCUT2D eigenvalue weighted by Gasteiger charge is 2.14. The third-order valence-corrected chi connectivity index (χ3v) is 5.55. The van der Waals surface area contributed by atoms with Crippen molar-refractivity contribution in [2.75, 3.05) is 0 Å². The lowest BCUT2D eigenvalue weighted by Crippen LogP contribution is -2.16. The molecule has 0 aliphatic heterocycles. The lowest BCUT2D eigenvalue weighted by Gasteiger charge is -2.22. The number of nitrogens with zero attached hydrogens (tertiary/aromatic N) is 2. The zero-order chi connectivity index (χ0) is 19.6. The van der Waals surface area contributed by atoms with Crippen LogP contribution in [0.15, 0.2) is 58.7 Å². The summed E-state index contributed by atoms with van der Waals surface area (Å²) >= 11 is 1.41. The van der Waals surface area contributed by atoms with Crippen molar-refractivity contribution < 1.29 is 9.13 Å². The number of ether oxygens (including phenoxy) is 1. The Bertz CT molecular complexity index is 805. The number of halogens is 1. The topological polar surface area (TPSA) is 60.0 Å². The van der Waals surface area contributed by atoms with E-state index in [1.165, 1.54) is 48.9 Å². The maximum Gasteiger partial charge on any atom is 0.180 e. The predicted molar refractivity (Wildman–Crippen MR) is 115 cm³/mol. The molecular weight excluding hydrogens is 373 g/mol. The van der Waals surface area contributed by atoms with Crippen LogP contribution in [0.4, 0.5) is 4.39 Å². The molecule has 4 nitrogen and oxygen atoms in total. The van der Waals surface area contributed by atoms with E-state index in [1.54, 1.807) is 6.07 Å². The Balaban J connectivity index is 1.48. The standard InChI is InChI=1S/C22H26FN3OS/c23-21-13-18(11-12-19(21)15-27-20-9-5-2-6-10-20)14-25-26-22(24)28-16-17-7-3-1-4-8-17/h1,3-4,7-8,11-14,20H,2,5-6,9-10,15-16H2,(H2,24,26). The summed E-state index contributed by atoms with van der Waals surface area (Å²) in [6.07, 6.45) is 7.61. The van der Waals surface area contributed by atoms with Crippen LogP contribution >= 0.6 is 11.8 Å². The van der Waals surface area contributed by atoms with E-state index in [4.69, 9.17) is 10.5 Å². The van der Waals surface area contributed by atoms with Crippen LogP contribution in [0.25, 0.3) is 0 Å². The molecular formula is C22H26FN3OS. The monoisotopic (exact) mass is 399 g/mol. The molecule has 6 heteroatoms. The van der Waals surface area contributed by atoms with E-state index in [-0.39, 0.29) is 11.9 Å². The van der Waals surface area contributed by atoms with Gasteiger partial charge in [0, 0.05) is 11.3 Å². The predicted octanol–water partition coefficient (Wildman–Crippen LogP) is 5.26. The highest BCUT2D eigenvalue weighted by molar-refractivity contribution is 8.13.